The standard InChI is InChI=1S/C17H19N5O4/c1-12(23)20-9-7-13(8-10-20)17(24)18-16-15(22(25)26)11-21(19-16)14-5-3-2-4-6-14/h2-6,11,13H,7-10H2,1H3,(H,18,19,24). The maximum Gasteiger partial charge on any atom is 0.331 e. The lowest BCUT2D eigenvalue weighted by atomic mass is 9.96. The van der Waals surface area contributed by atoms with Gasteiger partial charge in [0.1, 0.15) is 6.20 Å². The SMILES string of the molecule is CC(=O)N1CCC(C(=O)Nc2nn(-c3ccccc3)cc2[N+](=O)[O-])CC1. The third-order valence-corrected chi connectivity index (χ3v) is 4.47. The van der Waals surface area contributed by atoms with Crippen LogP contribution in [0.25, 0.3) is 5.69 Å². The molecule has 1 aliphatic rings. The van der Waals surface area contributed by atoms with Gasteiger partial charge in [0, 0.05) is 25.9 Å². The van der Waals surface area contributed by atoms with E-state index in [1.807, 2.05) is 6.07 Å². The van der Waals surface area contributed by atoms with Gasteiger partial charge in [-0.1, -0.05) is 18.2 Å². The highest BCUT2D eigenvalue weighted by molar-refractivity contribution is 5.93. The lowest BCUT2D eigenvalue weighted by Crippen LogP contribution is -2.40. The molecule has 0 spiro atoms. The Hall–Kier alpha value is -3.23. The molecule has 1 N–H and O–H groups in total. The zero-order valence-corrected chi connectivity index (χ0v) is 14.3. The first kappa shape index (κ1) is 17.6. The predicted octanol–water partition coefficient (Wildman–Crippen LogP) is 1.98. The zero-order chi connectivity index (χ0) is 18.7. The molecule has 3 rings (SSSR count). The number of carbonyl (C=O) groups is 2. The van der Waals surface area contributed by atoms with Gasteiger partial charge >= 0.3 is 5.69 Å². The number of aromatic nitrogens is 2. The predicted molar refractivity (Wildman–Crippen MR) is 93.8 cm³/mol. The molecule has 9 heteroatoms. The number of hydrogen-bond donors (Lipinski definition) is 1. The number of nitro groups is 1. The first-order valence-electron chi connectivity index (χ1n) is 8.31. The Morgan fingerprint density at radius 3 is 2.46 bits per heavy atom. The zero-order valence-electron chi connectivity index (χ0n) is 14.3. The van der Waals surface area contributed by atoms with Crippen LogP contribution >= 0.6 is 0 Å². The number of para-hydroxylation sites is 1. The Labute approximate surface area is 149 Å². The highest BCUT2D eigenvalue weighted by Gasteiger charge is 2.29. The third-order valence-electron chi connectivity index (χ3n) is 4.47. The Morgan fingerprint density at radius 1 is 1.23 bits per heavy atom. The minimum Gasteiger partial charge on any atom is -0.343 e. The molecule has 2 heterocycles. The average Bonchev–Trinajstić information content (AvgIpc) is 3.06. The molecule has 0 saturated carbocycles. The van der Waals surface area contributed by atoms with Gasteiger partial charge in [0.05, 0.1) is 10.6 Å². The summed E-state index contributed by atoms with van der Waals surface area (Å²) in [5.41, 5.74) is 0.397. The van der Waals surface area contributed by atoms with Gasteiger partial charge in [0.25, 0.3) is 0 Å². The lowest BCUT2D eigenvalue weighted by Gasteiger charge is -2.30. The monoisotopic (exact) mass is 357 g/mol. The van der Waals surface area contributed by atoms with E-state index in [4.69, 9.17) is 0 Å². The minimum absolute atomic E-state index is 0.0129. The Kier molecular flexibility index (Phi) is 4.97. The smallest absolute Gasteiger partial charge is 0.331 e. The molecule has 2 amide bonds. The lowest BCUT2D eigenvalue weighted by molar-refractivity contribution is -0.384. The van der Waals surface area contributed by atoms with Crippen molar-refractivity contribution in [3.05, 3.63) is 46.6 Å². The average molecular weight is 357 g/mol. The Morgan fingerprint density at radius 2 is 1.88 bits per heavy atom. The van der Waals surface area contributed by atoms with Gasteiger partial charge in [-0.25, -0.2) is 4.68 Å². The van der Waals surface area contributed by atoms with Gasteiger partial charge < -0.3 is 10.2 Å². The number of piperidine rings is 1. The van der Waals surface area contributed by atoms with E-state index < -0.39 is 4.92 Å². The molecule has 2 aromatic rings. The molecule has 1 aromatic carbocycles. The van der Waals surface area contributed by atoms with Gasteiger partial charge in [-0.05, 0) is 25.0 Å². The highest BCUT2D eigenvalue weighted by atomic mass is 16.6. The second-order valence-electron chi connectivity index (χ2n) is 6.17. The molecule has 0 unspecified atom stereocenters. The van der Waals surface area contributed by atoms with Crippen LogP contribution in [0.3, 0.4) is 0 Å². The number of amides is 2. The topological polar surface area (TPSA) is 110 Å². The van der Waals surface area contributed by atoms with Gasteiger partial charge in [-0.15, -0.1) is 5.10 Å². The maximum absolute atomic E-state index is 12.5. The van der Waals surface area contributed by atoms with E-state index in [0.717, 1.165) is 0 Å². The van der Waals surface area contributed by atoms with Crippen molar-refractivity contribution in [3.63, 3.8) is 0 Å². The van der Waals surface area contributed by atoms with E-state index in [9.17, 15) is 19.7 Å². The molecule has 1 fully saturated rings. The van der Waals surface area contributed by atoms with E-state index >= 15 is 0 Å². The number of rotatable bonds is 4. The number of nitrogens with one attached hydrogen (secondary N) is 1. The fraction of sp³-hybridized carbons (Fsp3) is 0.353. The van der Waals surface area contributed by atoms with E-state index in [0.29, 0.717) is 31.6 Å². The molecule has 9 nitrogen and oxygen atoms in total. The minimum atomic E-state index is -0.569. The summed E-state index contributed by atoms with van der Waals surface area (Å²) >= 11 is 0. The van der Waals surface area contributed by atoms with Gasteiger partial charge in [0.15, 0.2) is 0 Å². The number of carbonyl (C=O) groups excluding carboxylic acids is 2. The normalized spacial score (nSPS) is 14.9. The molecule has 0 atom stereocenters. The van der Waals surface area contributed by atoms with Crippen molar-refractivity contribution < 1.29 is 14.5 Å². The molecule has 26 heavy (non-hydrogen) atoms. The quantitative estimate of drug-likeness (QED) is 0.664. The molecule has 1 aromatic heterocycles. The molecule has 0 bridgehead atoms. The molecule has 136 valence electrons. The first-order valence-corrected chi connectivity index (χ1v) is 8.31. The van der Waals surface area contributed by atoms with Crippen molar-refractivity contribution >= 4 is 23.3 Å². The molecule has 0 radical (unpaired) electrons. The summed E-state index contributed by atoms with van der Waals surface area (Å²) in [4.78, 5) is 36.3. The second kappa shape index (κ2) is 7.34. The van der Waals surface area contributed by atoms with Crippen LogP contribution in [0, 0.1) is 16.0 Å². The van der Waals surface area contributed by atoms with Crippen LogP contribution < -0.4 is 5.32 Å². The number of anilines is 1. The summed E-state index contributed by atoms with van der Waals surface area (Å²) in [6.45, 7) is 2.52. The first-order chi connectivity index (χ1) is 12.5. The third kappa shape index (κ3) is 3.71. The number of likely N-dealkylation sites (tertiary alicyclic amines) is 1. The van der Waals surface area contributed by atoms with Crippen LogP contribution in [0.1, 0.15) is 19.8 Å². The summed E-state index contributed by atoms with van der Waals surface area (Å²) < 4.78 is 1.37. The summed E-state index contributed by atoms with van der Waals surface area (Å²) in [6.07, 6.45) is 2.33. The number of nitrogens with zero attached hydrogens (tertiary/aromatic N) is 4. The fourth-order valence-corrected chi connectivity index (χ4v) is 2.98. The van der Waals surface area contributed by atoms with Crippen LogP contribution in [0.5, 0.6) is 0 Å². The maximum atomic E-state index is 12.5. The molecular formula is C17H19N5O4. The number of benzene rings is 1. The van der Waals surface area contributed by atoms with E-state index in [1.165, 1.54) is 17.8 Å². The van der Waals surface area contributed by atoms with Gasteiger partial charge in [-0.2, -0.15) is 0 Å². The summed E-state index contributed by atoms with van der Waals surface area (Å²) in [5.74, 6) is -0.694. The second-order valence-corrected chi connectivity index (χ2v) is 6.17. The van der Waals surface area contributed by atoms with E-state index in [2.05, 4.69) is 10.4 Å². The van der Waals surface area contributed by atoms with Crippen molar-refractivity contribution in [1.82, 2.24) is 14.7 Å². The summed E-state index contributed by atoms with van der Waals surface area (Å²) in [6, 6.07) is 8.95. The van der Waals surface area contributed by atoms with Crippen LogP contribution in [0.2, 0.25) is 0 Å². The summed E-state index contributed by atoms with van der Waals surface area (Å²) in [5, 5.41) is 18.0. The number of hydrogen-bond acceptors (Lipinski definition) is 5. The van der Waals surface area contributed by atoms with Crippen molar-refractivity contribution in [2.45, 2.75) is 19.8 Å². The Balaban J connectivity index is 1.75. The molecule has 1 saturated heterocycles. The van der Waals surface area contributed by atoms with Crippen molar-refractivity contribution in [1.29, 1.82) is 0 Å². The van der Waals surface area contributed by atoms with Gasteiger partial charge in [0.2, 0.25) is 17.6 Å². The molecule has 0 aliphatic carbocycles. The highest BCUT2D eigenvalue weighted by Crippen LogP contribution is 2.26. The van der Waals surface area contributed by atoms with E-state index in [1.54, 1.807) is 29.2 Å². The van der Waals surface area contributed by atoms with Crippen molar-refractivity contribution in [3.8, 4) is 5.69 Å². The largest absolute Gasteiger partial charge is 0.343 e. The van der Waals surface area contributed by atoms with Gasteiger partial charge in [-0.3, -0.25) is 19.7 Å². The van der Waals surface area contributed by atoms with Crippen LogP contribution in [-0.2, 0) is 9.59 Å². The van der Waals surface area contributed by atoms with E-state index in [-0.39, 0.29) is 29.2 Å². The van der Waals surface area contributed by atoms with Crippen LogP contribution in [0.4, 0.5) is 11.5 Å². The summed E-state index contributed by atoms with van der Waals surface area (Å²) in [7, 11) is 0. The van der Waals surface area contributed by atoms with Crippen molar-refractivity contribution in [2.75, 3.05) is 18.4 Å². The fourth-order valence-electron chi connectivity index (χ4n) is 2.98. The van der Waals surface area contributed by atoms with Crippen molar-refractivity contribution in [2.24, 2.45) is 5.92 Å². The molecule has 1 aliphatic heterocycles. The molecular weight excluding hydrogens is 338 g/mol. The Bertz CT molecular complexity index is 825. The van der Waals surface area contributed by atoms with Crippen LogP contribution in [0.15, 0.2) is 36.5 Å². The van der Waals surface area contributed by atoms with Crippen LogP contribution in [-0.4, -0.2) is 44.5 Å².